The number of aromatic amines is 2. The van der Waals surface area contributed by atoms with Crippen LogP contribution in [0.3, 0.4) is 0 Å². The van der Waals surface area contributed by atoms with Crippen LogP contribution in [0, 0.1) is 20.8 Å². The number of carboxylic acid groups (broad SMARTS) is 2. The molecule has 0 aliphatic carbocycles. The quantitative estimate of drug-likeness (QED) is 0.196. The topological polar surface area (TPSA) is 144 Å². The molecule has 0 amide bonds. The highest BCUT2D eigenvalue weighted by Crippen LogP contribution is 2.42. The molecule has 8 bridgehead atoms. The largest absolute Gasteiger partial charge is 0.481 e. The average molecular weight is 584 g/mol. The van der Waals surface area contributed by atoms with E-state index in [1.807, 2.05) is 26.0 Å². The lowest BCUT2D eigenvalue weighted by Gasteiger charge is -2.16. The second kappa shape index (κ2) is 11.8. The molecule has 5 rings (SSSR count). The van der Waals surface area contributed by atoms with Crippen molar-refractivity contribution in [3.63, 3.8) is 0 Å². The summed E-state index contributed by atoms with van der Waals surface area (Å²) >= 11 is 0. The molecule has 0 saturated heterocycles. The van der Waals surface area contributed by atoms with Crippen molar-refractivity contribution < 1.29 is 19.8 Å². The summed E-state index contributed by atoms with van der Waals surface area (Å²) in [5, 5.41) is 23.3. The van der Waals surface area contributed by atoms with Crippen LogP contribution in [0.5, 0.6) is 0 Å². The van der Waals surface area contributed by atoms with Gasteiger partial charge in [0.15, 0.2) is 0 Å². The Hall–Kier alpha value is -4.24. The van der Waals surface area contributed by atoms with E-state index in [1.165, 1.54) is 0 Å². The van der Waals surface area contributed by atoms with Crippen molar-refractivity contribution in [1.29, 1.82) is 0 Å². The normalized spacial score (nSPS) is 16.6. The standard InChI is InChI=1S/C34H41N5O4/c1-8-21-16(3)25-13-29-23(15-35-9-2)18(5)24(37-29)12-26-17(4)22(10-11-30(40)41)32(38-26)20(7)33-31(34(42)43)19(6)27(39-33)14-28(21)36-25/h12-14,17,22,35-36,39H,8-11,15H2,1-7H3,(H,40,41)(H,42,43)/t17-,22-/m0/s1. The van der Waals surface area contributed by atoms with Crippen molar-refractivity contribution in [3.8, 4) is 0 Å². The zero-order chi connectivity index (χ0) is 31.2. The van der Waals surface area contributed by atoms with Crippen LogP contribution in [-0.2, 0) is 11.2 Å². The van der Waals surface area contributed by atoms with Gasteiger partial charge in [-0.1, -0.05) is 20.8 Å². The Balaban J connectivity index is 1.96. The zero-order valence-corrected chi connectivity index (χ0v) is 26.0. The van der Waals surface area contributed by atoms with Crippen molar-refractivity contribution in [3.05, 3.63) is 68.8 Å². The Morgan fingerprint density at radius 2 is 1.63 bits per heavy atom. The van der Waals surface area contributed by atoms with Gasteiger partial charge in [-0.3, -0.25) is 9.78 Å². The minimum atomic E-state index is -1.02. The maximum atomic E-state index is 12.6. The molecule has 9 nitrogen and oxygen atoms in total. The molecular formula is C34H41N5O4. The molecule has 43 heavy (non-hydrogen) atoms. The predicted molar refractivity (Wildman–Crippen MR) is 171 cm³/mol. The molecule has 5 N–H and O–H groups in total. The predicted octanol–water partition coefficient (Wildman–Crippen LogP) is 6.79. The van der Waals surface area contributed by atoms with Crippen LogP contribution < -0.4 is 5.32 Å². The monoisotopic (exact) mass is 583 g/mol. The molecule has 9 heteroatoms. The second-order valence-corrected chi connectivity index (χ2v) is 11.7. The molecule has 2 aliphatic heterocycles. The fraction of sp³-hybridized carbons (Fsp3) is 0.412. The maximum Gasteiger partial charge on any atom is 0.338 e. The van der Waals surface area contributed by atoms with Crippen LogP contribution in [-0.4, -0.2) is 55.2 Å². The van der Waals surface area contributed by atoms with E-state index in [0.717, 1.165) is 69.0 Å². The van der Waals surface area contributed by atoms with Crippen molar-refractivity contribution >= 4 is 45.2 Å². The van der Waals surface area contributed by atoms with Crippen molar-refractivity contribution in [1.82, 2.24) is 25.3 Å². The molecule has 0 unspecified atom stereocenters. The zero-order valence-electron chi connectivity index (χ0n) is 26.0. The number of nitrogens with one attached hydrogen (secondary N) is 3. The van der Waals surface area contributed by atoms with Gasteiger partial charge in [-0.05, 0) is 98.7 Å². The fourth-order valence-electron chi connectivity index (χ4n) is 6.58. The molecule has 5 heterocycles. The Kier molecular flexibility index (Phi) is 8.29. The lowest BCUT2D eigenvalue weighted by atomic mass is 9.85. The van der Waals surface area contributed by atoms with Crippen molar-refractivity contribution in [2.45, 2.75) is 79.6 Å². The van der Waals surface area contributed by atoms with Gasteiger partial charge in [0.25, 0.3) is 0 Å². The third kappa shape index (κ3) is 5.38. The Labute approximate surface area is 251 Å². The molecular weight excluding hydrogens is 542 g/mol. The summed E-state index contributed by atoms with van der Waals surface area (Å²) in [6.07, 6.45) is 1.20. The molecule has 0 radical (unpaired) electrons. The summed E-state index contributed by atoms with van der Waals surface area (Å²) in [5.41, 5.74) is 12.4. The number of aromatic nitrogens is 4. The van der Waals surface area contributed by atoms with Gasteiger partial charge in [0.1, 0.15) is 0 Å². The highest BCUT2D eigenvalue weighted by Gasteiger charge is 2.32. The van der Waals surface area contributed by atoms with Crippen LogP contribution in [0.1, 0.15) is 108 Å². The number of H-pyrrole nitrogens is 2. The fourth-order valence-corrected chi connectivity index (χ4v) is 6.58. The number of fused-ring (bicyclic) bond motifs is 8. The minimum absolute atomic E-state index is 0.00314. The van der Waals surface area contributed by atoms with Crippen molar-refractivity contribution in [2.24, 2.45) is 0 Å². The molecule has 0 saturated carbocycles. The number of nitrogens with zero attached hydrogens (tertiary/aromatic N) is 2. The molecule has 2 atom stereocenters. The number of aryl methyl sites for hydroxylation is 4. The van der Waals surface area contributed by atoms with Gasteiger partial charge in [0, 0.05) is 52.7 Å². The number of aliphatic carboxylic acids is 1. The summed E-state index contributed by atoms with van der Waals surface area (Å²) < 4.78 is 0. The van der Waals surface area contributed by atoms with E-state index in [1.54, 1.807) is 0 Å². The van der Waals surface area contributed by atoms with Gasteiger partial charge in [0.2, 0.25) is 0 Å². The number of allylic oxidation sites excluding steroid dienone is 1. The van der Waals surface area contributed by atoms with E-state index in [0.29, 0.717) is 35.1 Å². The summed E-state index contributed by atoms with van der Waals surface area (Å²) in [6, 6.07) is 6.12. The second-order valence-electron chi connectivity index (χ2n) is 11.7. The maximum absolute atomic E-state index is 12.6. The van der Waals surface area contributed by atoms with Gasteiger partial charge in [0.05, 0.1) is 22.5 Å². The van der Waals surface area contributed by atoms with E-state index in [4.69, 9.17) is 9.97 Å². The van der Waals surface area contributed by atoms with Crippen LogP contribution in [0.25, 0.3) is 33.2 Å². The number of likely N-dealkylation sites (N-methyl/N-ethyl adjacent to an activating group) is 1. The molecule has 0 fully saturated rings. The lowest BCUT2D eigenvalue weighted by Crippen LogP contribution is -2.15. The van der Waals surface area contributed by atoms with Gasteiger partial charge in [-0.25, -0.2) is 9.78 Å². The first-order valence-corrected chi connectivity index (χ1v) is 15.1. The number of hydrogen-bond donors (Lipinski definition) is 5. The molecule has 0 aromatic carbocycles. The molecule has 3 aromatic rings. The summed E-state index contributed by atoms with van der Waals surface area (Å²) in [5.74, 6) is -2.14. The average Bonchev–Trinajstić information content (AvgIpc) is 3.63. The Bertz CT molecular complexity index is 1830. The minimum Gasteiger partial charge on any atom is -0.481 e. The van der Waals surface area contributed by atoms with Crippen LogP contribution in [0.4, 0.5) is 0 Å². The first-order valence-electron chi connectivity index (χ1n) is 15.1. The first-order chi connectivity index (χ1) is 20.5. The molecule has 3 aromatic heterocycles. The van der Waals surface area contributed by atoms with Crippen LogP contribution >= 0.6 is 0 Å². The number of aromatic carboxylic acids is 1. The van der Waals surface area contributed by atoms with Crippen LogP contribution in [0.15, 0.2) is 18.2 Å². The van der Waals surface area contributed by atoms with E-state index < -0.39 is 11.9 Å². The van der Waals surface area contributed by atoms with E-state index in [9.17, 15) is 19.8 Å². The highest BCUT2D eigenvalue weighted by atomic mass is 16.4. The number of hydrogen-bond acceptors (Lipinski definition) is 5. The lowest BCUT2D eigenvalue weighted by molar-refractivity contribution is -0.137. The van der Waals surface area contributed by atoms with Gasteiger partial charge >= 0.3 is 11.9 Å². The van der Waals surface area contributed by atoms with Gasteiger partial charge in [-0.15, -0.1) is 0 Å². The van der Waals surface area contributed by atoms with Crippen LogP contribution in [0.2, 0.25) is 0 Å². The van der Waals surface area contributed by atoms with Gasteiger partial charge < -0.3 is 25.5 Å². The third-order valence-corrected chi connectivity index (χ3v) is 9.20. The number of rotatable bonds is 8. The number of carbonyl (C=O) groups is 2. The molecule has 0 spiro atoms. The molecule has 226 valence electrons. The smallest absolute Gasteiger partial charge is 0.338 e. The van der Waals surface area contributed by atoms with Crippen molar-refractivity contribution in [2.75, 3.05) is 13.1 Å². The summed E-state index contributed by atoms with van der Waals surface area (Å²) in [4.78, 5) is 41.4. The number of carboxylic acids is 2. The van der Waals surface area contributed by atoms with E-state index >= 15 is 0 Å². The first kappa shape index (κ1) is 30.2. The summed E-state index contributed by atoms with van der Waals surface area (Å²) in [6.45, 7) is 15.7. The molecule has 2 aliphatic rings. The summed E-state index contributed by atoms with van der Waals surface area (Å²) in [7, 11) is 0. The van der Waals surface area contributed by atoms with Gasteiger partial charge in [-0.2, -0.15) is 0 Å². The van der Waals surface area contributed by atoms with E-state index in [2.05, 4.69) is 56.0 Å². The highest BCUT2D eigenvalue weighted by molar-refractivity contribution is 6.02. The Morgan fingerprint density at radius 1 is 0.907 bits per heavy atom. The Morgan fingerprint density at radius 3 is 2.28 bits per heavy atom. The SMILES string of the molecule is CCNCC1=C(C)c2cc3nc(c(C)c4[nH]c(cc5[nH]c(cc1n2)c(C)c5CC)c(C)c4C(=O)O)[C@@H](CCC(=O)O)[C@@H]3C. The van der Waals surface area contributed by atoms with E-state index in [-0.39, 0.29) is 23.8 Å². The third-order valence-electron chi connectivity index (χ3n) is 9.20.